The van der Waals surface area contributed by atoms with Gasteiger partial charge in [-0.2, -0.15) is 13.2 Å². The van der Waals surface area contributed by atoms with Crippen molar-refractivity contribution in [1.82, 2.24) is 0 Å². The molecule has 0 rings (SSSR count). The molecule has 13 heavy (non-hydrogen) atoms. The average Bonchev–Trinajstić information content (AvgIpc) is 1.81. The molecule has 0 saturated carbocycles. The Morgan fingerprint density at radius 2 is 1.85 bits per heavy atom. The Morgan fingerprint density at radius 3 is 2.15 bits per heavy atom. The minimum absolute atomic E-state index is 0.239. The molecule has 0 amide bonds. The summed E-state index contributed by atoms with van der Waals surface area (Å²) in [6.45, 7) is 3.07. The van der Waals surface area contributed by atoms with Crippen molar-refractivity contribution in [2.75, 3.05) is 0 Å². The molecule has 2 N–H and O–H groups in total. The van der Waals surface area contributed by atoms with Gasteiger partial charge >= 0.3 is 6.18 Å². The molecule has 0 aliphatic rings. The van der Waals surface area contributed by atoms with Crippen molar-refractivity contribution < 1.29 is 17.4 Å². The topological polar surface area (TPSA) is 43.1 Å². The Bertz CT molecular complexity index is 183. The molecule has 0 bridgehead atoms. The lowest BCUT2D eigenvalue weighted by Crippen LogP contribution is -2.23. The van der Waals surface area contributed by atoms with E-state index in [0.29, 0.717) is 0 Å². The predicted octanol–water partition coefficient (Wildman–Crippen LogP) is 1.98. The van der Waals surface area contributed by atoms with E-state index in [1.165, 1.54) is 6.92 Å². The zero-order valence-electron chi connectivity index (χ0n) is 7.60. The standard InChI is InChI=1S/C7H14F3NOS/c1-5(4-7(8,9)10)3-6(2)13(11)12/h5-6H,3-4,11H2,1-2H3/t5-,6?,13?/m1/s1. The van der Waals surface area contributed by atoms with Gasteiger partial charge in [-0.25, -0.2) is 4.21 Å². The SMILES string of the molecule is CC(C[C@@H](C)CC(F)(F)F)S(N)=O. The first-order chi connectivity index (χ1) is 5.72. The van der Waals surface area contributed by atoms with Crippen LogP contribution in [0.3, 0.4) is 0 Å². The van der Waals surface area contributed by atoms with Crippen LogP contribution in [0.1, 0.15) is 26.7 Å². The highest BCUT2D eigenvalue weighted by Crippen LogP contribution is 2.27. The average molecular weight is 217 g/mol. The van der Waals surface area contributed by atoms with Crippen LogP contribution >= 0.6 is 0 Å². The molecule has 0 fully saturated rings. The van der Waals surface area contributed by atoms with E-state index in [9.17, 15) is 17.4 Å². The summed E-state index contributed by atoms with van der Waals surface area (Å²) in [7, 11) is -1.53. The van der Waals surface area contributed by atoms with E-state index in [2.05, 4.69) is 0 Å². The Balaban J connectivity index is 3.88. The van der Waals surface area contributed by atoms with Gasteiger partial charge in [0.2, 0.25) is 0 Å². The highest BCUT2D eigenvalue weighted by Gasteiger charge is 2.30. The highest BCUT2D eigenvalue weighted by molar-refractivity contribution is 7.83. The lowest BCUT2D eigenvalue weighted by atomic mass is 10.0. The summed E-state index contributed by atoms with van der Waals surface area (Å²) in [6, 6.07) is 0. The van der Waals surface area contributed by atoms with E-state index in [1.807, 2.05) is 0 Å². The molecule has 0 radical (unpaired) electrons. The maximum atomic E-state index is 11.9. The molecule has 6 heteroatoms. The van der Waals surface area contributed by atoms with Crippen molar-refractivity contribution >= 4 is 11.0 Å². The quantitative estimate of drug-likeness (QED) is 0.768. The monoisotopic (exact) mass is 217 g/mol. The first-order valence-electron chi connectivity index (χ1n) is 3.94. The number of hydrogen-bond donors (Lipinski definition) is 1. The van der Waals surface area contributed by atoms with Gasteiger partial charge in [0.15, 0.2) is 0 Å². The highest BCUT2D eigenvalue weighted by atomic mass is 32.2. The second kappa shape index (κ2) is 4.95. The zero-order chi connectivity index (χ0) is 10.6. The number of halogens is 3. The van der Waals surface area contributed by atoms with Crippen molar-refractivity contribution in [3.63, 3.8) is 0 Å². The summed E-state index contributed by atoms with van der Waals surface area (Å²) in [4.78, 5) is 0. The number of hydrogen-bond acceptors (Lipinski definition) is 1. The Morgan fingerprint density at radius 1 is 1.38 bits per heavy atom. The second-order valence-electron chi connectivity index (χ2n) is 3.30. The van der Waals surface area contributed by atoms with Crippen molar-refractivity contribution in [1.29, 1.82) is 0 Å². The van der Waals surface area contributed by atoms with E-state index in [4.69, 9.17) is 5.14 Å². The molecule has 3 atom stereocenters. The van der Waals surface area contributed by atoms with Crippen molar-refractivity contribution in [3.05, 3.63) is 0 Å². The molecule has 0 aromatic carbocycles. The minimum Gasteiger partial charge on any atom is -0.252 e. The van der Waals surface area contributed by atoms with Crippen LogP contribution in [0.15, 0.2) is 0 Å². The number of nitrogens with two attached hydrogens (primary N) is 1. The van der Waals surface area contributed by atoms with Crippen LogP contribution in [0.25, 0.3) is 0 Å². The van der Waals surface area contributed by atoms with Gasteiger partial charge in [0, 0.05) is 11.7 Å². The van der Waals surface area contributed by atoms with Crippen molar-refractivity contribution in [2.24, 2.45) is 11.1 Å². The van der Waals surface area contributed by atoms with E-state index in [-0.39, 0.29) is 11.7 Å². The van der Waals surface area contributed by atoms with E-state index in [1.54, 1.807) is 6.92 Å². The van der Waals surface area contributed by atoms with Crippen LogP contribution in [0.5, 0.6) is 0 Å². The molecule has 0 spiro atoms. The van der Waals surface area contributed by atoms with E-state index < -0.39 is 29.5 Å². The molecule has 0 aliphatic heterocycles. The van der Waals surface area contributed by atoms with Crippen molar-refractivity contribution in [2.45, 2.75) is 38.1 Å². The van der Waals surface area contributed by atoms with E-state index in [0.717, 1.165) is 0 Å². The van der Waals surface area contributed by atoms with Gasteiger partial charge < -0.3 is 0 Å². The third-order valence-electron chi connectivity index (χ3n) is 1.71. The summed E-state index contributed by atoms with van der Waals surface area (Å²) < 4.78 is 46.2. The van der Waals surface area contributed by atoms with Gasteiger partial charge in [0.25, 0.3) is 0 Å². The maximum absolute atomic E-state index is 11.9. The second-order valence-corrected chi connectivity index (χ2v) is 4.76. The fraction of sp³-hybridized carbons (Fsp3) is 1.00. The maximum Gasteiger partial charge on any atom is 0.389 e. The molecule has 0 heterocycles. The van der Waals surface area contributed by atoms with Gasteiger partial charge in [-0.1, -0.05) is 6.92 Å². The van der Waals surface area contributed by atoms with Gasteiger partial charge in [-0.15, -0.1) is 0 Å². The number of alkyl halides is 3. The van der Waals surface area contributed by atoms with Crippen molar-refractivity contribution in [3.8, 4) is 0 Å². The van der Waals surface area contributed by atoms with Gasteiger partial charge in [0.1, 0.15) is 0 Å². The molecular weight excluding hydrogens is 203 g/mol. The Labute approximate surface area is 78.3 Å². The van der Waals surface area contributed by atoms with Crippen LogP contribution in [0.2, 0.25) is 0 Å². The molecule has 2 unspecified atom stereocenters. The smallest absolute Gasteiger partial charge is 0.252 e. The van der Waals surface area contributed by atoms with Gasteiger partial charge in [-0.3, -0.25) is 5.14 Å². The molecule has 0 aliphatic carbocycles. The predicted molar refractivity (Wildman–Crippen MR) is 46.2 cm³/mol. The lowest BCUT2D eigenvalue weighted by Gasteiger charge is -2.16. The third-order valence-corrected chi connectivity index (χ3v) is 2.70. The summed E-state index contributed by atoms with van der Waals surface area (Å²) in [5.74, 6) is -0.525. The summed E-state index contributed by atoms with van der Waals surface area (Å²) in [5.41, 5.74) is 0. The Hall–Kier alpha value is -0.100. The largest absolute Gasteiger partial charge is 0.389 e. The molecule has 2 nitrogen and oxygen atoms in total. The molecule has 80 valence electrons. The minimum atomic E-state index is -4.14. The molecular formula is C7H14F3NOS. The summed E-state index contributed by atoms with van der Waals surface area (Å²) in [6.07, 6.45) is -4.74. The number of rotatable bonds is 4. The van der Waals surface area contributed by atoms with Crippen LogP contribution in [0.4, 0.5) is 13.2 Å². The fourth-order valence-corrected chi connectivity index (χ4v) is 1.66. The van der Waals surface area contributed by atoms with Crippen LogP contribution in [-0.4, -0.2) is 15.6 Å². The zero-order valence-corrected chi connectivity index (χ0v) is 8.41. The first kappa shape index (κ1) is 12.9. The summed E-state index contributed by atoms with van der Waals surface area (Å²) in [5, 5.41) is 4.66. The third kappa shape index (κ3) is 7.01. The van der Waals surface area contributed by atoms with Crippen LogP contribution < -0.4 is 5.14 Å². The lowest BCUT2D eigenvalue weighted by molar-refractivity contribution is -0.143. The van der Waals surface area contributed by atoms with Crippen LogP contribution in [0, 0.1) is 5.92 Å². The van der Waals surface area contributed by atoms with E-state index >= 15 is 0 Å². The Kier molecular flexibility index (Phi) is 4.91. The normalized spacial score (nSPS) is 19.5. The molecule has 0 saturated heterocycles. The molecule has 0 aromatic rings. The van der Waals surface area contributed by atoms with Crippen LogP contribution in [-0.2, 0) is 11.0 Å². The van der Waals surface area contributed by atoms with Gasteiger partial charge in [0.05, 0.1) is 11.0 Å². The van der Waals surface area contributed by atoms with Gasteiger partial charge in [-0.05, 0) is 19.3 Å². The fourth-order valence-electron chi connectivity index (χ4n) is 1.14. The molecule has 0 aromatic heterocycles. The first-order valence-corrected chi connectivity index (χ1v) is 5.21. The summed E-state index contributed by atoms with van der Waals surface area (Å²) >= 11 is 0.